The average Bonchev–Trinajstić information content (AvgIpc) is 2.93. The Morgan fingerprint density at radius 3 is 3.05 bits per heavy atom. The molecule has 4 nitrogen and oxygen atoms in total. The first kappa shape index (κ1) is 13.7. The Labute approximate surface area is 116 Å². The number of nitrogens with one attached hydrogen (secondary N) is 2. The second-order valence-corrected chi connectivity index (χ2v) is 5.04. The summed E-state index contributed by atoms with van der Waals surface area (Å²) in [6.45, 7) is 3.27. The van der Waals surface area contributed by atoms with E-state index in [0.717, 1.165) is 29.2 Å². The summed E-state index contributed by atoms with van der Waals surface area (Å²) in [5.41, 5.74) is 1.82. The fourth-order valence-corrected chi connectivity index (χ4v) is 2.32. The van der Waals surface area contributed by atoms with Crippen LogP contribution in [0.1, 0.15) is 13.3 Å². The van der Waals surface area contributed by atoms with Crippen LogP contribution >= 0.6 is 11.3 Å². The molecule has 0 aliphatic carbocycles. The molecular formula is C14H17N3OS. The maximum atomic E-state index is 11.7. The van der Waals surface area contributed by atoms with Crippen molar-refractivity contribution in [1.29, 1.82) is 0 Å². The van der Waals surface area contributed by atoms with Crippen molar-refractivity contribution < 1.29 is 4.79 Å². The van der Waals surface area contributed by atoms with E-state index in [2.05, 4.69) is 22.5 Å². The third kappa shape index (κ3) is 4.15. The van der Waals surface area contributed by atoms with E-state index < -0.39 is 0 Å². The summed E-state index contributed by atoms with van der Waals surface area (Å²) in [7, 11) is 0. The van der Waals surface area contributed by atoms with E-state index in [1.54, 1.807) is 17.5 Å². The van der Waals surface area contributed by atoms with Crippen LogP contribution in [-0.2, 0) is 4.79 Å². The van der Waals surface area contributed by atoms with E-state index in [-0.39, 0.29) is 5.91 Å². The Morgan fingerprint density at radius 1 is 1.42 bits per heavy atom. The first-order valence-corrected chi connectivity index (χ1v) is 7.18. The fourth-order valence-electron chi connectivity index (χ4n) is 1.68. The largest absolute Gasteiger partial charge is 0.325 e. The lowest BCUT2D eigenvalue weighted by molar-refractivity contribution is -0.115. The second kappa shape index (κ2) is 7.01. The van der Waals surface area contributed by atoms with Gasteiger partial charge in [0.2, 0.25) is 5.91 Å². The third-order valence-electron chi connectivity index (χ3n) is 2.54. The molecule has 100 valence electrons. The van der Waals surface area contributed by atoms with Crippen molar-refractivity contribution >= 4 is 22.9 Å². The van der Waals surface area contributed by atoms with Crippen molar-refractivity contribution in [2.24, 2.45) is 0 Å². The van der Waals surface area contributed by atoms with Gasteiger partial charge in [-0.15, -0.1) is 11.3 Å². The molecule has 0 fully saturated rings. The maximum absolute atomic E-state index is 11.7. The van der Waals surface area contributed by atoms with Crippen molar-refractivity contribution in [2.75, 3.05) is 18.4 Å². The number of thiazole rings is 1. The third-order valence-corrected chi connectivity index (χ3v) is 3.36. The number of amides is 1. The quantitative estimate of drug-likeness (QED) is 0.797. The molecular weight excluding hydrogens is 258 g/mol. The standard InChI is InChI=1S/C14H17N3OS/c1-2-6-15-10-13(18)17-12-5-3-4-11(9-12)14-16-7-8-19-14/h3-5,7-9,15H,2,6,10H2,1H3,(H,17,18). The lowest BCUT2D eigenvalue weighted by Gasteiger charge is -2.07. The van der Waals surface area contributed by atoms with Crippen molar-refractivity contribution in [1.82, 2.24) is 10.3 Å². The molecule has 0 saturated heterocycles. The minimum atomic E-state index is -0.0234. The summed E-state index contributed by atoms with van der Waals surface area (Å²) in [6.07, 6.45) is 2.80. The van der Waals surface area contributed by atoms with Crippen LogP contribution < -0.4 is 10.6 Å². The van der Waals surface area contributed by atoms with Gasteiger partial charge in [-0.1, -0.05) is 19.1 Å². The van der Waals surface area contributed by atoms with Crippen molar-refractivity contribution in [3.05, 3.63) is 35.8 Å². The van der Waals surface area contributed by atoms with Gasteiger partial charge in [0.15, 0.2) is 0 Å². The van der Waals surface area contributed by atoms with Gasteiger partial charge in [0, 0.05) is 22.8 Å². The minimum Gasteiger partial charge on any atom is -0.325 e. The molecule has 0 aliphatic rings. The smallest absolute Gasteiger partial charge is 0.238 e. The number of carbonyl (C=O) groups is 1. The highest BCUT2D eigenvalue weighted by molar-refractivity contribution is 7.13. The van der Waals surface area contributed by atoms with Gasteiger partial charge < -0.3 is 10.6 Å². The summed E-state index contributed by atoms with van der Waals surface area (Å²) < 4.78 is 0. The van der Waals surface area contributed by atoms with Crippen LogP contribution in [0.2, 0.25) is 0 Å². The summed E-state index contributed by atoms with van der Waals surface area (Å²) in [5.74, 6) is -0.0234. The number of anilines is 1. The highest BCUT2D eigenvalue weighted by Crippen LogP contribution is 2.24. The first-order chi connectivity index (χ1) is 9.29. The number of nitrogens with zero attached hydrogens (tertiary/aromatic N) is 1. The highest BCUT2D eigenvalue weighted by Gasteiger charge is 2.04. The Bertz CT molecular complexity index is 525. The molecule has 2 rings (SSSR count). The molecule has 1 amide bonds. The lowest BCUT2D eigenvalue weighted by Crippen LogP contribution is -2.28. The highest BCUT2D eigenvalue weighted by atomic mass is 32.1. The predicted molar refractivity (Wildman–Crippen MR) is 79.3 cm³/mol. The molecule has 1 heterocycles. The van der Waals surface area contributed by atoms with Crippen LogP contribution in [0.5, 0.6) is 0 Å². The van der Waals surface area contributed by atoms with E-state index >= 15 is 0 Å². The molecule has 5 heteroatoms. The molecule has 0 atom stereocenters. The van der Waals surface area contributed by atoms with Crippen LogP contribution in [0.15, 0.2) is 35.8 Å². The molecule has 0 spiro atoms. The van der Waals surface area contributed by atoms with Crippen LogP contribution in [0.25, 0.3) is 10.6 Å². The van der Waals surface area contributed by atoms with E-state index in [4.69, 9.17) is 0 Å². The summed E-state index contributed by atoms with van der Waals surface area (Å²) in [5, 5.41) is 8.85. The van der Waals surface area contributed by atoms with Gasteiger partial charge in [0.25, 0.3) is 0 Å². The molecule has 2 N–H and O–H groups in total. The van der Waals surface area contributed by atoms with Crippen molar-refractivity contribution in [3.63, 3.8) is 0 Å². The van der Waals surface area contributed by atoms with Gasteiger partial charge in [-0.05, 0) is 25.1 Å². The molecule has 0 bridgehead atoms. The zero-order valence-electron chi connectivity index (χ0n) is 10.8. The number of hydrogen-bond donors (Lipinski definition) is 2. The maximum Gasteiger partial charge on any atom is 0.238 e. The molecule has 1 aromatic heterocycles. The van der Waals surface area contributed by atoms with E-state index in [1.165, 1.54) is 0 Å². The second-order valence-electron chi connectivity index (χ2n) is 4.14. The molecule has 0 saturated carbocycles. The minimum absolute atomic E-state index is 0.0234. The Balaban J connectivity index is 1.97. The van der Waals surface area contributed by atoms with Gasteiger partial charge in [0.05, 0.1) is 6.54 Å². The van der Waals surface area contributed by atoms with Gasteiger partial charge in [-0.3, -0.25) is 4.79 Å². The van der Waals surface area contributed by atoms with Crippen LogP contribution in [0.4, 0.5) is 5.69 Å². The number of aromatic nitrogens is 1. The number of rotatable bonds is 6. The van der Waals surface area contributed by atoms with Crippen LogP contribution in [0, 0.1) is 0 Å². The van der Waals surface area contributed by atoms with Crippen LogP contribution in [-0.4, -0.2) is 24.0 Å². The SMILES string of the molecule is CCCNCC(=O)Nc1cccc(-c2nccs2)c1. The Hall–Kier alpha value is -1.72. The van der Waals surface area contributed by atoms with E-state index in [0.29, 0.717) is 6.54 Å². The number of hydrogen-bond acceptors (Lipinski definition) is 4. The van der Waals surface area contributed by atoms with Crippen molar-refractivity contribution in [2.45, 2.75) is 13.3 Å². The Morgan fingerprint density at radius 2 is 2.32 bits per heavy atom. The molecule has 0 unspecified atom stereocenters. The monoisotopic (exact) mass is 275 g/mol. The van der Waals surface area contributed by atoms with Gasteiger partial charge in [-0.2, -0.15) is 0 Å². The average molecular weight is 275 g/mol. The first-order valence-electron chi connectivity index (χ1n) is 6.30. The fraction of sp³-hybridized carbons (Fsp3) is 0.286. The molecule has 1 aromatic carbocycles. The summed E-state index contributed by atoms with van der Waals surface area (Å²) in [6, 6.07) is 7.74. The number of carbonyl (C=O) groups excluding carboxylic acids is 1. The zero-order valence-corrected chi connectivity index (χ0v) is 11.7. The molecule has 19 heavy (non-hydrogen) atoms. The lowest BCUT2D eigenvalue weighted by atomic mass is 10.2. The van der Waals surface area contributed by atoms with Crippen LogP contribution in [0.3, 0.4) is 0 Å². The molecule has 0 radical (unpaired) electrons. The topological polar surface area (TPSA) is 54.0 Å². The summed E-state index contributed by atoms with van der Waals surface area (Å²) >= 11 is 1.58. The van der Waals surface area contributed by atoms with Gasteiger partial charge >= 0.3 is 0 Å². The number of benzene rings is 1. The molecule has 2 aromatic rings. The van der Waals surface area contributed by atoms with Gasteiger partial charge in [-0.25, -0.2) is 4.98 Å². The summed E-state index contributed by atoms with van der Waals surface area (Å²) in [4.78, 5) is 16.0. The zero-order chi connectivity index (χ0) is 13.5. The van der Waals surface area contributed by atoms with Gasteiger partial charge in [0.1, 0.15) is 5.01 Å². The normalized spacial score (nSPS) is 10.4. The molecule has 0 aliphatic heterocycles. The van der Waals surface area contributed by atoms with E-state index in [9.17, 15) is 4.79 Å². The van der Waals surface area contributed by atoms with E-state index in [1.807, 2.05) is 29.6 Å². The van der Waals surface area contributed by atoms with Crippen molar-refractivity contribution in [3.8, 4) is 10.6 Å². The Kier molecular flexibility index (Phi) is 5.06. The predicted octanol–water partition coefficient (Wildman–Crippen LogP) is 2.75.